The highest BCUT2D eigenvalue weighted by atomic mass is 79.9. The van der Waals surface area contributed by atoms with Crippen molar-refractivity contribution in [3.05, 3.63) is 45.1 Å². The zero-order chi connectivity index (χ0) is 15.2. The number of nitrogens with zero attached hydrogens (tertiary/aromatic N) is 3. The Kier molecular flexibility index (Phi) is 5.99. The van der Waals surface area contributed by atoms with Gasteiger partial charge in [0.15, 0.2) is 0 Å². The van der Waals surface area contributed by atoms with Gasteiger partial charge in [-0.05, 0) is 34.0 Å². The van der Waals surface area contributed by atoms with E-state index in [0.717, 1.165) is 40.1 Å². The summed E-state index contributed by atoms with van der Waals surface area (Å²) >= 11 is 7.18. The minimum atomic E-state index is 0.768. The highest BCUT2D eigenvalue weighted by Crippen LogP contribution is 2.30. The molecule has 2 aromatic rings. The van der Waals surface area contributed by atoms with E-state index >= 15 is 0 Å². The van der Waals surface area contributed by atoms with Crippen LogP contribution in [0.1, 0.15) is 18.9 Å². The molecule has 2 rings (SSSR count). The Hall–Kier alpha value is -1.14. The number of nitrogens with one attached hydrogen (secondary N) is 1. The molecule has 0 spiro atoms. The van der Waals surface area contributed by atoms with Gasteiger partial charge >= 0.3 is 0 Å². The first-order valence-corrected chi connectivity index (χ1v) is 8.41. The quantitative estimate of drug-likeness (QED) is 0.758. The van der Waals surface area contributed by atoms with E-state index in [1.165, 1.54) is 5.56 Å². The molecule has 0 bridgehead atoms. The lowest BCUT2D eigenvalue weighted by Gasteiger charge is -2.21. The lowest BCUT2D eigenvalue weighted by Crippen LogP contribution is -2.19. The van der Waals surface area contributed by atoms with Crippen molar-refractivity contribution in [3.63, 3.8) is 0 Å². The van der Waals surface area contributed by atoms with Crippen molar-refractivity contribution in [3.8, 4) is 0 Å². The minimum absolute atomic E-state index is 0.768. The Morgan fingerprint density at radius 3 is 2.67 bits per heavy atom. The lowest BCUT2D eigenvalue weighted by atomic mass is 10.2. The van der Waals surface area contributed by atoms with Gasteiger partial charge in [0.1, 0.15) is 22.4 Å². The molecule has 1 N–H and O–H groups in total. The van der Waals surface area contributed by atoms with Gasteiger partial charge in [0.25, 0.3) is 0 Å². The molecule has 0 aliphatic carbocycles. The van der Waals surface area contributed by atoms with E-state index < -0.39 is 0 Å². The smallest absolute Gasteiger partial charge is 0.148 e. The van der Waals surface area contributed by atoms with E-state index in [2.05, 4.69) is 65.0 Å². The molecular weight excluding hydrogens is 396 g/mol. The maximum atomic E-state index is 4.39. The Labute approximate surface area is 142 Å². The molecule has 1 aromatic carbocycles. The van der Waals surface area contributed by atoms with Crippen LogP contribution in [-0.4, -0.2) is 23.6 Å². The minimum Gasteiger partial charge on any atom is -0.369 e. The summed E-state index contributed by atoms with van der Waals surface area (Å²) in [5, 5.41) is 3.30. The Balaban J connectivity index is 2.19. The Morgan fingerprint density at radius 2 is 1.95 bits per heavy atom. The molecule has 0 fully saturated rings. The molecule has 0 saturated heterocycles. The van der Waals surface area contributed by atoms with Crippen LogP contribution in [0.3, 0.4) is 0 Å². The highest BCUT2D eigenvalue weighted by molar-refractivity contribution is 9.11. The van der Waals surface area contributed by atoms with Gasteiger partial charge in [-0.2, -0.15) is 0 Å². The normalized spacial score (nSPS) is 10.5. The van der Waals surface area contributed by atoms with Crippen molar-refractivity contribution in [1.82, 2.24) is 9.97 Å². The van der Waals surface area contributed by atoms with Crippen molar-refractivity contribution in [2.45, 2.75) is 19.9 Å². The highest BCUT2D eigenvalue weighted by Gasteiger charge is 2.13. The summed E-state index contributed by atoms with van der Waals surface area (Å²) in [6, 6.07) is 8.20. The summed E-state index contributed by atoms with van der Waals surface area (Å²) in [7, 11) is 2.02. The maximum absolute atomic E-state index is 4.39. The molecule has 0 saturated carbocycles. The van der Waals surface area contributed by atoms with Crippen molar-refractivity contribution in [1.29, 1.82) is 0 Å². The number of hydrogen-bond donors (Lipinski definition) is 1. The van der Waals surface area contributed by atoms with E-state index in [-0.39, 0.29) is 0 Å². The molecule has 0 aliphatic heterocycles. The summed E-state index contributed by atoms with van der Waals surface area (Å²) in [5.41, 5.74) is 1.22. The summed E-state index contributed by atoms with van der Waals surface area (Å²) in [4.78, 5) is 10.8. The van der Waals surface area contributed by atoms with Crippen LogP contribution < -0.4 is 10.2 Å². The molecule has 1 heterocycles. The van der Waals surface area contributed by atoms with Crippen LogP contribution in [0.15, 0.2) is 39.5 Å². The SMILES string of the molecule is CCCNc1ncnc(N(C)Cc2ccccc2Br)c1Br. The number of benzene rings is 1. The average molecular weight is 414 g/mol. The zero-order valence-electron chi connectivity index (χ0n) is 12.1. The molecule has 0 unspecified atom stereocenters. The molecular formula is C15H18Br2N4. The van der Waals surface area contributed by atoms with Crippen molar-refractivity contribution < 1.29 is 0 Å². The molecule has 1 aromatic heterocycles. The summed E-state index contributed by atoms with van der Waals surface area (Å²) in [6.07, 6.45) is 2.65. The van der Waals surface area contributed by atoms with Crippen molar-refractivity contribution in [2.75, 3.05) is 23.8 Å². The number of rotatable bonds is 6. The van der Waals surface area contributed by atoms with E-state index in [0.29, 0.717) is 0 Å². The van der Waals surface area contributed by atoms with Crippen LogP contribution in [0.4, 0.5) is 11.6 Å². The fourth-order valence-corrected chi connectivity index (χ4v) is 3.01. The van der Waals surface area contributed by atoms with Gasteiger partial charge in [0, 0.05) is 24.6 Å². The zero-order valence-corrected chi connectivity index (χ0v) is 15.3. The van der Waals surface area contributed by atoms with Gasteiger partial charge in [0.05, 0.1) is 0 Å². The molecule has 112 valence electrons. The van der Waals surface area contributed by atoms with E-state index in [1.807, 2.05) is 25.2 Å². The number of hydrogen-bond acceptors (Lipinski definition) is 4. The number of halogens is 2. The van der Waals surface area contributed by atoms with Gasteiger partial charge in [-0.25, -0.2) is 9.97 Å². The third kappa shape index (κ3) is 4.17. The largest absolute Gasteiger partial charge is 0.369 e. The first-order chi connectivity index (χ1) is 10.1. The molecule has 4 nitrogen and oxygen atoms in total. The summed E-state index contributed by atoms with van der Waals surface area (Å²) in [5.74, 6) is 1.71. The van der Waals surface area contributed by atoms with Crippen LogP contribution in [0, 0.1) is 0 Å². The van der Waals surface area contributed by atoms with Crippen LogP contribution in [0.25, 0.3) is 0 Å². The average Bonchev–Trinajstić information content (AvgIpc) is 2.48. The standard InChI is InChI=1S/C15H18Br2N4/c1-3-8-18-14-13(17)15(20-10-19-14)21(2)9-11-6-4-5-7-12(11)16/h4-7,10H,3,8-9H2,1-2H3,(H,18,19,20). The molecule has 6 heteroatoms. The third-order valence-electron chi connectivity index (χ3n) is 3.04. The molecule has 0 aliphatic rings. The Morgan fingerprint density at radius 1 is 1.19 bits per heavy atom. The number of anilines is 2. The van der Waals surface area contributed by atoms with Crippen LogP contribution >= 0.6 is 31.9 Å². The summed E-state index contributed by atoms with van der Waals surface area (Å²) in [6.45, 7) is 3.79. The first kappa shape index (κ1) is 16.2. The Bertz CT molecular complexity index is 604. The fraction of sp³-hybridized carbons (Fsp3) is 0.333. The molecule has 0 atom stereocenters. The molecule has 21 heavy (non-hydrogen) atoms. The van der Waals surface area contributed by atoms with E-state index in [1.54, 1.807) is 6.33 Å². The first-order valence-electron chi connectivity index (χ1n) is 6.82. The van der Waals surface area contributed by atoms with Crippen LogP contribution in [0.5, 0.6) is 0 Å². The maximum Gasteiger partial charge on any atom is 0.148 e. The second kappa shape index (κ2) is 7.75. The van der Waals surface area contributed by atoms with Crippen molar-refractivity contribution >= 4 is 43.5 Å². The second-order valence-corrected chi connectivity index (χ2v) is 6.38. The number of aromatic nitrogens is 2. The van der Waals surface area contributed by atoms with Gasteiger partial charge < -0.3 is 10.2 Å². The third-order valence-corrected chi connectivity index (χ3v) is 4.54. The monoisotopic (exact) mass is 412 g/mol. The van der Waals surface area contributed by atoms with Gasteiger partial charge in [-0.1, -0.05) is 41.1 Å². The predicted molar refractivity (Wildman–Crippen MR) is 94.8 cm³/mol. The molecule has 0 amide bonds. The summed E-state index contributed by atoms with van der Waals surface area (Å²) < 4.78 is 2.00. The van der Waals surface area contributed by atoms with Gasteiger partial charge in [-0.3, -0.25) is 0 Å². The molecule has 0 radical (unpaired) electrons. The lowest BCUT2D eigenvalue weighted by molar-refractivity contribution is 0.879. The van der Waals surface area contributed by atoms with Gasteiger partial charge in [0.2, 0.25) is 0 Å². The van der Waals surface area contributed by atoms with Gasteiger partial charge in [-0.15, -0.1) is 0 Å². The van der Waals surface area contributed by atoms with E-state index in [4.69, 9.17) is 0 Å². The predicted octanol–water partition coefficient (Wildman–Crippen LogP) is 4.46. The van der Waals surface area contributed by atoms with Crippen molar-refractivity contribution in [2.24, 2.45) is 0 Å². The fourth-order valence-electron chi connectivity index (χ4n) is 1.95. The second-order valence-electron chi connectivity index (χ2n) is 4.73. The van der Waals surface area contributed by atoms with Crippen LogP contribution in [0.2, 0.25) is 0 Å². The van der Waals surface area contributed by atoms with Crippen LogP contribution in [-0.2, 0) is 6.54 Å². The topological polar surface area (TPSA) is 41.1 Å². The van der Waals surface area contributed by atoms with E-state index in [9.17, 15) is 0 Å².